The smallest absolute Gasteiger partial charge is 0.266 e. The van der Waals surface area contributed by atoms with Crippen molar-refractivity contribution in [3.63, 3.8) is 0 Å². The van der Waals surface area contributed by atoms with Crippen LogP contribution < -0.4 is 5.32 Å². The summed E-state index contributed by atoms with van der Waals surface area (Å²) in [7, 11) is -4.05. The van der Waals surface area contributed by atoms with Crippen molar-refractivity contribution in [2.75, 3.05) is 12.3 Å². The van der Waals surface area contributed by atoms with Gasteiger partial charge in [-0.3, -0.25) is 9.35 Å². The maximum absolute atomic E-state index is 12.2. The van der Waals surface area contributed by atoms with Crippen LogP contribution >= 0.6 is 0 Å². The lowest BCUT2D eigenvalue weighted by Crippen LogP contribution is -2.58. The first-order chi connectivity index (χ1) is 15.8. The van der Waals surface area contributed by atoms with Gasteiger partial charge in [0.1, 0.15) is 0 Å². The lowest BCUT2D eigenvalue weighted by atomic mass is 9.43. The van der Waals surface area contributed by atoms with Gasteiger partial charge < -0.3 is 10.4 Å². The van der Waals surface area contributed by atoms with Crippen molar-refractivity contribution < 1.29 is 22.9 Å². The maximum atomic E-state index is 12.2. The van der Waals surface area contributed by atoms with Crippen molar-refractivity contribution in [3.8, 4) is 0 Å². The Kier molecular flexibility index (Phi) is 7.50. The van der Waals surface area contributed by atoms with Crippen LogP contribution in [0.5, 0.6) is 0 Å². The summed E-state index contributed by atoms with van der Waals surface area (Å²) in [6.07, 6.45) is 10.8. The summed E-state index contributed by atoms with van der Waals surface area (Å²) in [5, 5.41) is 14.0. The molecule has 4 aliphatic rings. The SMILES string of the molecule is CC1CC[C@@]2(C)C(C1)C[C@H](O)[C@H]1[C@@H]3CC[C@H]([C@@H](C)CCC(=O)NCCS(=O)(=O)O)[C@@]3(C)CC[C@@H]12. The number of carbonyl (C=O) groups excluding carboxylic acids is 1. The first-order valence-electron chi connectivity index (χ1n) is 13.7. The summed E-state index contributed by atoms with van der Waals surface area (Å²) in [4.78, 5) is 12.2. The molecule has 2 unspecified atom stereocenters. The molecule has 0 radical (unpaired) electrons. The van der Waals surface area contributed by atoms with E-state index in [0.717, 1.165) is 18.8 Å². The maximum Gasteiger partial charge on any atom is 0.266 e. The van der Waals surface area contributed by atoms with Gasteiger partial charge in [0, 0.05) is 13.0 Å². The van der Waals surface area contributed by atoms with Crippen LogP contribution in [-0.2, 0) is 14.9 Å². The molecule has 4 fully saturated rings. The third-order valence-electron chi connectivity index (χ3n) is 11.2. The Balaban J connectivity index is 1.39. The molecular formula is C27H47NO5S. The minimum absolute atomic E-state index is 0.0469. The number of nitrogens with one attached hydrogen (secondary N) is 1. The molecule has 6 nitrogen and oxygen atoms in total. The number of hydrogen-bond acceptors (Lipinski definition) is 4. The van der Waals surface area contributed by atoms with Crippen molar-refractivity contribution in [2.24, 2.45) is 52.3 Å². The minimum atomic E-state index is -4.05. The second-order valence-corrected chi connectivity index (χ2v) is 14.6. The lowest BCUT2D eigenvalue weighted by Gasteiger charge is -2.62. The fourth-order valence-corrected chi connectivity index (χ4v) is 9.74. The van der Waals surface area contributed by atoms with Crippen LogP contribution in [0.25, 0.3) is 0 Å². The van der Waals surface area contributed by atoms with Crippen LogP contribution in [-0.4, -0.2) is 42.4 Å². The quantitative estimate of drug-likeness (QED) is 0.443. The number of aliphatic hydroxyl groups is 1. The average Bonchev–Trinajstić information content (AvgIpc) is 3.09. The van der Waals surface area contributed by atoms with E-state index in [1.54, 1.807) is 0 Å². The summed E-state index contributed by atoms with van der Waals surface area (Å²) in [6.45, 7) is 9.62. The molecule has 0 bridgehead atoms. The van der Waals surface area contributed by atoms with E-state index in [4.69, 9.17) is 4.55 Å². The molecule has 4 rings (SSSR count). The van der Waals surface area contributed by atoms with Gasteiger partial charge in [-0.2, -0.15) is 8.42 Å². The fourth-order valence-electron chi connectivity index (χ4n) is 9.38. The van der Waals surface area contributed by atoms with Crippen LogP contribution in [0.1, 0.15) is 91.9 Å². The predicted molar refractivity (Wildman–Crippen MR) is 134 cm³/mol. The summed E-state index contributed by atoms with van der Waals surface area (Å²) >= 11 is 0. The minimum Gasteiger partial charge on any atom is -0.393 e. The molecule has 0 heterocycles. The molecule has 1 amide bonds. The fraction of sp³-hybridized carbons (Fsp3) is 0.963. The predicted octanol–water partition coefficient (Wildman–Crippen LogP) is 4.67. The second-order valence-electron chi connectivity index (χ2n) is 13.1. The van der Waals surface area contributed by atoms with Gasteiger partial charge in [-0.05, 0) is 104 Å². The zero-order valence-electron chi connectivity index (χ0n) is 21.6. The van der Waals surface area contributed by atoms with Crippen molar-refractivity contribution in [1.29, 1.82) is 0 Å². The number of hydrogen-bond donors (Lipinski definition) is 3. The van der Waals surface area contributed by atoms with Crippen LogP contribution in [0.3, 0.4) is 0 Å². The summed E-state index contributed by atoms with van der Waals surface area (Å²) in [6, 6.07) is 0. The molecule has 10 atom stereocenters. The average molecular weight is 498 g/mol. The monoisotopic (exact) mass is 497 g/mol. The van der Waals surface area contributed by atoms with Gasteiger partial charge in [0.2, 0.25) is 5.91 Å². The van der Waals surface area contributed by atoms with Crippen molar-refractivity contribution in [1.82, 2.24) is 5.32 Å². The molecule has 4 aliphatic carbocycles. The van der Waals surface area contributed by atoms with Crippen LogP contribution in [0.2, 0.25) is 0 Å². The van der Waals surface area contributed by atoms with E-state index in [1.165, 1.54) is 44.9 Å². The van der Waals surface area contributed by atoms with Gasteiger partial charge >= 0.3 is 0 Å². The molecule has 34 heavy (non-hydrogen) atoms. The number of carbonyl (C=O) groups is 1. The summed E-state index contributed by atoms with van der Waals surface area (Å²) in [5.74, 6) is 3.50. The van der Waals surface area contributed by atoms with Gasteiger partial charge in [-0.25, -0.2) is 0 Å². The normalized spacial score (nSPS) is 45.1. The zero-order chi connectivity index (χ0) is 24.9. The Bertz CT molecular complexity index is 861. The zero-order valence-corrected chi connectivity index (χ0v) is 22.4. The Hall–Kier alpha value is -0.660. The lowest BCUT2D eigenvalue weighted by molar-refractivity contribution is -0.168. The van der Waals surface area contributed by atoms with Crippen LogP contribution in [0, 0.1) is 52.3 Å². The molecule has 0 spiro atoms. The van der Waals surface area contributed by atoms with Crippen molar-refractivity contribution in [2.45, 2.75) is 98.0 Å². The molecule has 7 heteroatoms. The molecule has 0 aliphatic heterocycles. The van der Waals surface area contributed by atoms with Gasteiger partial charge in [0.25, 0.3) is 10.1 Å². The third-order valence-corrected chi connectivity index (χ3v) is 11.9. The Morgan fingerprint density at radius 3 is 2.44 bits per heavy atom. The molecule has 0 aromatic heterocycles. The number of aliphatic hydroxyl groups excluding tert-OH is 1. The van der Waals surface area contributed by atoms with E-state index in [2.05, 4.69) is 33.0 Å². The van der Waals surface area contributed by atoms with E-state index in [0.29, 0.717) is 47.3 Å². The molecule has 4 saturated carbocycles. The highest BCUT2D eigenvalue weighted by Crippen LogP contribution is 2.68. The number of rotatable bonds is 7. The van der Waals surface area contributed by atoms with E-state index in [9.17, 15) is 18.3 Å². The van der Waals surface area contributed by atoms with Crippen molar-refractivity contribution in [3.05, 3.63) is 0 Å². The number of amides is 1. The topological polar surface area (TPSA) is 104 Å². The van der Waals surface area contributed by atoms with E-state index in [-0.39, 0.29) is 24.0 Å². The van der Waals surface area contributed by atoms with Gasteiger partial charge in [-0.15, -0.1) is 0 Å². The first kappa shape index (κ1) is 26.4. The van der Waals surface area contributed by atoms with E-state index >= 15 is 0 Å². The molecular weight excluding hydrogens is 450 g/mol. The standard InChI is InChI=1S/C27H47NO5S/c1-17-9-11-26(3)19(15-17)16-23(29)25-21-7-6-20(27(21,4)12-10-22(25)26)18(2)5-8-24(30)28-13-14-34(31,32)33/h17-23,25,29H,5-16H2,1-4H3,(H,28,30)(H,31,32,33)/t17?,18-,19?,20+,21-,22-,23-,25-,26-,27+/m0/s1. The molecule has 3 N–H and O–H groups in total. The summed E-state index contributed by atoms with van der Waals surface area (Å²) in [5.41, 5.74) is 0.621. The van der Waals surface area contributed by atoms with E-state index in [1.807, 2.05) is 0 Å². The van der Waals surface area contributed by atoms with Crippen LogP contribution in [0.4, 0.5) is 0 Å². The van der Waals surface area contributed by atoms with Gasteiger partial charge in [0.15, 0.2) is 0 Å². The molecule has 0 aromatic carbocycles. The highest BCUT2D eigenvalue weighted by Gasteiger charge is 2.62. The highest BCUT2D eigenvalue weighted by atomic mass is 32.2. The second kappa shape index (κ2) is 9.66. The van der Waals surface area contributed by atoms with Gasteiger partial charge in [-0.1, -0.05) is 34.1 Å². The Morgan fingerprint density at radius 2 is 1.74 bits per heavy atom. The van der Waals surface area contributed by atoms with Gasteiger partial charge in [0.05, 0.1) is 11.9 Å². The summed E-state index contributed by atoms with van der Waals surface area (Å²) < 4.78 is 30.5. The molecule has 196 valence electrons. The van der Waals surface area contributed by atoms with Crippen LogP contribution in [0.15, 0.2) is 0 Å². The highest BCUT2D eigenvalue weighted by molar-refractivity contribution is 7.85. The third kappa shape index (κ3) is 4.95. The van der Waals surface area contributed by atoms with Crippen molar-refractivity contribution >= 4 is 16.0 Å². The molecule has 0 aromatic rings. The molecule has 0 saturated heterocycles. The van der Waals surface area contributed by atoms with E-state index < -0.39 is 15.9 Å². The first-order valence-corrected chi connectivity index (χ1v) is 15.4. The largest absolute Gasteiger partial charge is 0.393 e. The Labute approximate surface area is 206 Å². The number of fused-ring (bicyclic) bond motifs is 5. The Morgan fingerprint density at radius 1 is 1.06 bits per heavy atom.